The molecule has 0 aliphatic carbocycles. The van der Waals surface area contributed by atoms with Gasteiger partial charge in [0.05, 0.1) is 35.1 Å². The predicted octanol–water partition coefficient (Wildman–Crippen LogP) is 3.69. The highest BCUT2D eigenvalue weighted by Crippen LogP contribution is 2.39. The Hall–Kier alpha value is -4.25. The smallest absolute Gasteiger partial charge is 0.294 e. The first-order valence-electron chi connectivity index (χ1n) is 11.0. The zero-order valence-electron chi connectivity index (χ0n) is 20.4. The molecule has 2 aromatic carbocycles. The van der Waals surface area contributed by atoms with Gasteiger partial charge < -0.3 is 19.9 Å². The maximum Gasteiger partial charge on any atom is 0.294 e. The second-order valence-electron chi connectivity index (χ2n) is 8.46. The maximum absolute atomic E-state index is 11.9. The van der Waals surface area contributed by atoms with Crippen LogP contribution in [0.4, 0.5) is 23.0 Å². The lowest BCUT2D eigenvalue weighted by Crippen LogP contribution is -2.28. The van der Waals surface area contributed by atoms with Crippen molar-refractivity contribution in [1.29, 1.82) is 0 Å². The maximum atomic E-state index is 11.9. The fourth-order valence-corrected chi connectivity index (χ4v) is 3.77. The van der Waals surface area contributed by atoms with Crippen LogP contribution in [-0.4, -0.2) is 70.9 Å². The summed E-state index contributed by atoms with van der Waals surface area (Å²) in [5.41, 5.74) is 3.48. The van der Waals surface area contributed by atoms with Crippen molar-refractivity contribution in [2.24, 2.45) is 7.05 Å². The number of nitrogens with zero attached hydrogens (tertiary/aromatic N) is 7. The highest BCUT2D eigenvalue weighted by molar-refractivity contribution is 5.84. The third kappa shape index (κ3) is 5.14. The van der Waals surface area contributed by atoms with E-state index in [9.17, 15) is 10.1 Å². The van der Waals surface area contributed by atoms with Gasteiger partial charge in [0.15, 0.2) is 0 Å². The number of rotatable bonds is 9. The number of aromatic nitrogens is 4. The molecule has 1 N–H and O–H groups in total. The standard InChI is InChI=1S/C24H28N8O3/c1-29(2)10-11-30(3)21-14-23(35-5)19(13-22(21)32(33)34)28-24-25-9-8-18(27-24)16-6-7-20-17(12-16)15-26-31(20)4/h6-9,12-15H,10-11H2,1-5H3,(H,25,27,28). The SMILES string of the molecule is COc1cc(N(C)CCN(C)C)c([N+](=O)[O-])cc1Nc1nccc(-c2ccc3c(cnn3C)c2)n1. The molecule has 4 aromatic rings. The van der Waals surface area contributed by atoms with E-state index in [0.29, 0.717) is 35.3 Å². The van der Waals surface area contributed by atoms with Gasteiger partial charge in [0.1, 0.15) is 11.4 Å². The summed E-state index contributed by atoms with van der Waals surface area (Å²) in [5, 5.41) is 20.3. The Morgan fingerprint density at radius 2 is 1.94 bits per heavy atom. The van der Waals surface area contributed by atoms with E-state index in [-0.39, 0.29) is 5.69 Å². The summed E-state index contributed by atoms with van der Waals surface area (Å²) in [6.07, 6.45) is 3.45. The number of benzene rings is 2. The Morgan fingerprint density at radius 1 is 1.14 bits per heavy atom. The second-order valence-corrected chi connectivity index (χ2v) is 8.46. The van der Waals surface area contributed by atoms with Crippen LogP contribution < -0.4 is 15.0 Å². The molecule has 0 spiro atoms. The molecule has 0 saturated carbocycles. The lowest BCUT2D eigenvalue weighted by atomic mass is 10.1. The number of likely N-dealkylation sites (N-methyl/N-ethyl adjacent to an activating group) is 2. The van der Waals surface area contributed by atoms with Crippen molar-refractivity contribution >= 4 is 33.9 Å². The van der Waals surface area contributed by atoms with Gasteiger partial charge in [-0.2, -0.15) is 5.10 Å². The molecule has 182 valence electrons. The normalized spacial score (nSPS) is 11.1. The van der Waals surface area contributed by atoms with Gasteiger partial charge in [-0.05, 0) is 32.3 Å². The molecule has 0 aliphatic rings. The molecule has 0 unspecified atom stereocenters. The van der Waals surface area contributed by atoms with E-state index >= 15 is 0 Å². The van der Waals surface area contributed by atoms with Gasteiger partial charge >= 0.3 is 0 Å². The average molecular weight is 477 g/mol. The van der Waals surface area contributed by atoms with Crippen molar-refractivity contribution in [2.75, 3.05) is 51.6 Å². The quantitative estimate of drug-likeness (QED) is 0.285. The molecular weight excluding hydrogens is 448 g/mol. The minimum Gasteiger partial charge on any atom is -0.494 e. The van der Waals surface area contributed by atoms with Crippen LogP contribution in [-0.2, 0) is 7.05 Å². The number of fused-ring (bicyclic) bond motifs is 1. The molecule has 4 rings (SSSR count). The summed E-state index contributed by atoms with van der Waals surface area (Å²) in [5.74, 6) is 0.753. The molecule has 35 heavy (non-hydrogen) atoms. The van der Waals surface area contributed by atoms with E-state index in [1.54, 1.807) is 18.5 Å². The molecule has 0 bridgehead atoms. The van der Waals surface area contributed by atoms with Gasteiger partial charge in [-0.15, -0.1) is 0 Å². The van der Waals surface area contributed by atoms with Crippen LogP contribution in [0.1, 0.15) is 0 Å². The summed E-state index contributed by atoms with van der Waals surface area (Å²) < 4.78 is 7.36. The van der Waals surface area contributed by atoms with Crippen LogP contribution >= 0.6 is 0 Å². The summed E-state index contributed by atoms with van der Waals surface area (Å²) >= 11 is 0. The Kier molecular flexibility index (Phi) is 6.78. The summed E-state index contributed by atoms with van der Waals surface area (Å²) in [7, 11) is 9.16. The van der Waals surface area contributed by atoms with Gasteiger partial charge in [0, 0.05) is 56.5 Å². The highest BCUT2D eigenvalue weighted by Gasteiger charge is 2.22. The first-order valence-corrected chi connectivity index (χ1v) is 11.0. The summed E-state index contributed by atoms with van der Waals surface area (Å²) in [6, 6.07) is 10.9. The molecule has 11 heteroatoms. The van der Waals surface area contributed by atoms with E-state index in [0.717, 1.165) is 23.0 Å². The number of nitro groups is 1. The number of hydrogen-bond donors (Lipinski definition) is 1. The first-order chi connectivity index (χ1) is 16.8. The molecule has 0 saturated heterocycles. The van der Waals surface area contributed by atoms with Crippen molar-refractivity contribution in [3.05, 3.63) is 58.9 Å². The lowest BCUT2D eigenvalue weighted by Gasteiger charge is -2.22. The molecule has 11 nitrogen and oxygen atoms in total. The van der Waals surface area contributed by atoms with Gasteiger partial charge in [-0.25, -0.2) is 9.97 Å². The third-order valence-electron chi connectivity index (χ3n) is 5.73. The molecule has 2 aromatic heterocycles. The zero-order valence-corrected chi connectivity index (χ0v) is 20.4. The van der Waals surface area contributed by atoms with Crippen molar-refractivity contribution < 1.29 is 9.66 Å². The minimum atomic E-state index is -0.396. The highest BCUT2D eigenvalue weighted by atomic mass is 16.6. The molecule has 2 heterocycles. The van der Waals surface area contributed by atoms with E-state index in [4.69, 9.17) is 4.74 Å². The Labute approximate surface area is 203 Å². The number of ether oxygens (including phenoxy) is 1. The number of anilines is 3. The molecule has 0 aliphatic heterocycles. The Bertz CT molecular complexity index is 1370. The van der Waals surface area contributed by atoms with Crippen LogP contribution in [0, 0.1) is 10.1 Å². The number of hydrogen-bond acceptors (Lipinski definition) is 9. The van der Waals surface area contributed by atoms with Gasteiger partial charge in [0.25, 0.3) is 5.69 Å². The predicted molar refractivity (Wildman–Crippen MR) is 136 cm³/mol. The van der Waals surface area contributed by atoms with E-state index in [1.165, 1.54) is 13.2 Å². The van der Waals surface area contributed by atoms with Crippen LogP contribution in [0.3, 0.4) is 0 Å². The van der Waals surface area contributed by atoms with Crippen molar-refractivity contribution in [1.82, 2.24) is 24.6 Å². The van der Waals surface area contributed by atoms with Gasteiger partial charge in [-0.1, -0.05) is 6.07 Å². The minimum absolute atomic E-state index is 0.0345. The molecule has 0 radical (unpaired) electrons. The monoisotopic (exact) mass is 476 g/mol. The van der Waals surface area contributed by atoms with Crippen LogP contribution in [0.2, 0.25) is 0 Å². The van der Waals surface area contributed by atoms with E-state index < -0.39 is 4.92 Å². The van der Waals surface area contributed by atoms with Gasteiger partial charge in [0.2, 0.25) is 5.95 Å². The lowest BCUT2D eigenvalue weighted by molar-refractivity contribution is -0.384. The number of nitro benzene ring substituents is 1. The number of aryl methyl sites for hydroxylation is 1. The molecular formula is C24H28N8O3. The summed E-state index contributed by atoms with van der Waals surface area (Å²) in [6.45, 7) is 1.37. The van der Waals surface area contributed by atoms with Crippen LogP contribution in [0.25, 0.3) is 22.2 Å². The van der Waals surface area contributed by atoms with Gasteiger partial charge in [-0.3, -0.25) is 14.8 Å². The second kappa shape index (κ2) is 9.94. The third-order valence-corrected chi connectivity index (χ3v) is 5.73. The van der Waals surface area contributed by atoms with Crippen LogP contribution in [0.15, 0.2) is 48.8 Å². The molecule has 0 atom stereocenters. The molecule has 0 amide bonds. The fraction of sp³-hybridized carbons (Fsp3) is 0.292. The first kappa shape index (κ1) is 23.9. The van der Waals surface area contributed by atoms with E-state index in [2.05, 4.69) is 20.4 Å². The Morgan fingerprint density at radius 3 is 2.66 bits per heavy atom. The van der Waals surface area contributed by atoms with Crippen LogP contribution in [0.5, 0.6) is 5.75 Å². The average Bonchev–Trinajstić information content (AvgIpc) is 3.22. The number of nitrogens with one attached hydrogen (secondary N) is 1. The van der Waals surface area contributed by atoms with Crippen molar-refractivity contribution in [2.45, 2.75) is 0 Å². The topological polar surface area (TPSA) is 114 Å². The fourth-order valence-electron chi connectivity index (χ4n) is 3.77. The van der Waals surface area contributed by atoms with E-state index in [1.807, 2.05) is 66.9 Å². The van der Waals surface area contributed by atoms with Crippen molar-refractivity contribution in [3.63, 3.8) is 0 Å². The summed E-state index contributed by atoms with van der Waals surface area (Å²) in [4.78, 5) is 24.3. The number of methoxy groups -OCH3 is 1. The zero-order chi connectivity index (χ0) is 25.1. The molecule has 0 fully saturated rings. The Balaban J connectivity index is 1.66. The largest absolute Gasteiger partial charge is 0.494 e. The van der Waals surface area contributed by atoms with Crippen molar-refractivity contribution in [3.8, 4) is 17.0 Å².